The number of aryl methyl sites for hydroxylation is 1. The second-order valence-electron chi connectivity index (χ2n) is 3.31. The first-order valence-electron chi connectivity index (χ1n) is 5.13. The number of ether oxygens (including phenoxy) is 1. The number of hydrogen-bond donors (Lipinski definition) is 0. The van der Waals surface area contributed by atoms with Crippen LogP contribution in [-0.2, 0) is 6.42 Å². The number of aromatic nitrogens is 2. The molecular formula is C11H9ClF2N2O2. The van der Waals surface area contributed by atoms with Crippen LogP contribution in [0.2, 0.25) is 0 Å². The van der Waals surface area contributed by atoms with Gasteiger partial charge in [0, 0.05) is 12.3 Å². The minimum atomic E-state index is -2.91. The Kier molecular flexibility index (Phi) is 4.09. The van der Waals surface area contributed by atoms with Gasteiger partial charge in [-0.15, -0.1) is 21.8 Å². The quantitative estimate of drug-likeness (QED) is 0.786. The lowest BCUT2D eigenvalue weighted by atomic mass is 10.2. The van der Waals surface area contributed by atoms with E-state index in [1.807, 2.05) is 0 Å². The smallest absolute Gasteiger partial charge is 0.387 e. The van der Waals surface area contributed by atoms with E-state index in [1.54, 1.807) is 18.2 Å². The summed E-state index contributed by atoms with van der Waals surface area (Å²) >= 11 is 5.54. The Balaban J connectivity index is 2.30. The van der Waals surface area contributed by atoms with Gasteiger partial charge in [-0.2, -0.15) is 8.78 Å². The second-order valence-corrected chi connectivity index (χ2v) is 3.69. The Morgan fingerprint density at radius 1 is 1.28 bits per heavy atom. The molecule has 1 heterocycles. The highest BCUT2D eigenvalue weighted by Crippen LogP contribution is 2.29. The van der Waals surface area contributed by atoms with Gasteiger partial charge in [-0.25, -0.2) is 0 Å². The Labute approximate surface area is 107 Å². The molecular weight excluding hydrogens is 266 g/mol. The maximum absolute atomic E-state index is 12.2. The minimum Gasteiger partial charge on any atom is -0.434 e. The van der Waals surface area contributed by atoms with Crippen molar-refractivity contribution in [2.75, 3.05) is 5.88 Å². The number of nitrogens with zero attached hydrogens (tertiary/aromatic N) is 2. The second kappa shape index (κ2) is 5.77. The Morgan fingerprint density at radius 3 is 2.78 bits per heavy atom. The average Bonchev–Trinajstić information content (AvgIpc) is 2.78. The Morgan fingerprint density at radius 2 is 2.06 bits per heavy atom. The molecule has 1 aromatic carbocycles. The lowest BCUT2D eigenvalue weighted by Gasteiger charge is -2.07. The zero-order valence-electron chi connectivity index (χ0n) is 9.15. The molecule has 0 aliphatic rings. The first kappa shape index (κ1) is 12.8. The van der Waals surface area contributed by atoms with Gasteiger partial charge in [0.05, 0.1) is 5.56 Å². The van der Waals surface area contributed by atoms with E-state index in [0.717, 1.165) is 0 Å². The molecule has 0 fully saturated rings. The monoisotopic (exact) mass is 274 g/mol. The van der Waals surface area contributed by atoms with E-state index in [4.69, 9.17) is 16.0 Å². The van der Waals surface area contributed by atoms with Crippen molar-refractivity contribution in [3.63, 3.8) is 0 Å². The standard InChI is InChI=1S/C11H9ClF2N2O2/c12-6-5-9-15-16-10(18-9)7-3-1-2-4-8(7)17-11(13)14/h1-4,11H,5-6H2. The first-order chi connectivity index (χ1) is 8.70. The molecule has 4 nitrogen and oxygen atoms in total. The van der Waals surface area contributed by atoms with Crippen molar-refractivity contribution >= 4 is 11.6 Å². The summed E-state index contributed by atoms with van der Waals surface area (Å²) < 4.78 is 34.2. The molecule has 0 spiro atoms. The molecule has 0 unspecified atom stereocenters. The van der Waals surface area contributed by atoms with Crippen LogP contribution in [-0.4, -0.2) is 22.7 Å². The molecule has 0 saturated heterocycles. The van der Waals surface area contributed by atoms with Gasteiger partial charge in [0.1, 0.15) is 5.75 Å². The number of hydrogen-bond acceptors (Lipinski definition) is 4. The van der Waals surface area contributed by atoms with E-state index in [2.05, 4.69) is 14.9 Å². The molecule has 0 N–H and O–H groups in total. The number of alkyl halides is 3. The predicted octanol–water partition coefficient (Wildman–Crippen LogP) is 3.12. The zero-order chi connectivity index (χ0) is 13.0. The van der Waals surface area contributed by atoms with Crippen molar-refractivity contribution in [1.82, 2.24) is 10.2 Å². The number of para-hydroxylation sites is 1. The summed E-state index contributed by atoms with van der Waals surface area (Å²) in [6, 6.07) is 6.22. The van der Waals surface area contributed by atoms with Crippen molar-refractivity contribution in [3.05, 3.63) is 30.2 Å². The molecule has 2 aromatic rings. The molecule has 18 heavy (non-hydrogen) atoms. The van der Waals surface area contributed by atoms with Gasteiger partial charge in [-0.05, 0) is 12.1 Å². The van der Waals surface area contributed by atoms with Crippen LogP contribution in [0.3, 0.4) is 0 Å². The summed E-state index contributed by atoms with van der Waals surface area (Å²) in [6.07, 6.45) is 0.423. The highest BCUT2D eigenvalue weighted by molar-refractivity contribution is 6.17. The van der Waals surface area contributed by atoms with E-state index in [-0.39, 0.29) is 11.6 Å². The van der Waals surface area contributed by atoms with Crippen LogP contribution in [0, 0.1) is 0 Å². The van der Waals surface area contributed by atoms with E-state index < -0.39 is 6.61 Å². The summed E-state index contributed by atoms with van der Waals surface area (Å²) in [5, 5.41) is 7.53. The summed E-state index contributed by atoms with van der Waals surface area (Å²) in [7, 11) is 0. The molecule has 0 saturated carbocycles. The van der Waals surface area contributed by atoms with Gasteiger partial charge in [0.15, 0.2) is 0 Å². The van der Waals surface area contributed by atoms with Crippen LogP contribution >= 0.6 is 11.6 Å². The lowest BCUT2D eigenvalue weighted by molar-refractivity contribution is -0.0495. The highest BCUT2D eigenvalue weighted by Gasteiger charge is 2.15. The molecule has 0 radical (unpaired) electrons. The molecule has 0 atom stereocenters. The van der Waals surface area contributed by atoms with Crippen molar-refractivity contribution in [2.24, 2.45) is 0 Å². The SMILES string of the molecule is FC(F)Oc1ccccc1-c1nnc(CCCl)o1. The fourth-order valence-corrected chi connectivity index (χ4v) is 1.55. The van der Waals surface area contributed by atoms with Crippen molar-refractivity contribution in [2.45, 2.75) is 13.0 Å². The van der Waals surface area contributed by atoms with Gasteiger partial charge in [-0.3, -0.25) is 0 Å². The first-order valence-corrected chi connectivity index (χ1v) is 5.66. The van der Waals surface area contributed by atoms with Crippen LogP contribution in [0.1, 0.15) is 5.89 Å². The van der Waals surface area contributed by atoms with Gasteiger partial charge in [0.25, 0.3) is 5.89 Å². The molecule has 0 aliphatic heterocycles. The van der Waals surface area contributed by atoms with E-state index in [1.165, 1.54) is 6.07 Å². The van der Waals surface area contributed by atoms with Crippen molar-refractivity contribution in [1.29, 1.82) is 0 Å². The number of rotatable bonds is 5. The maximum Gasteiger partial charge on any atom is 0.387 e. The third-order valence-electron chi connectivity index (χ3n) is 2.11. The van der Waals surface area contributed by atoms with Crippen molar-refractivity contribution < 1.29 is 17.9 Å². The topological polar surface area (TPSA) is 48.2 Å². The van der Waals surface area contributed by atoms with E-state index in [9.17, 15) is 8.78 Å². The summed E-state index contributed by atoms with van der Waals surface area (Å²) in [6.45, 7) is -2.91. The van der Waals surface area contributed by atoms with Crippen LogP contribution in [0.25, 0.3) is 11.5 Å². The van der Waals surface area contributed by atoms with Crippen LogP contribution in [0.5, 0.6) is 5.75 Å². The normalized spacial score (nSPS) is 10.9. The van der Waals surface area contributed by atoms with Crippen LogP contribution in [0.15, 0.2) is 28.7 Å². The number of benzene rings is 1. The minimum absolute atomic E-state index is 0.00595. The summed E-state index contributed by atoms with van der Waals surface area (Å²) in [4.78, 5) is 0. The third kappa shape index (κ3) is 2.95. The predicted molar refractivity (Wildman–Crippen MR) is 60.8 cm³/mol. The molecule has 0 bridgehead atoms. The zero-order valence-corrected chi connectivity index (χ0v) is 9.90. The molecule has 96 valence electrons. The fraction of sp³-hybridized carbons (Fsp3) is 0.273. The third-order valence-corrected chi connectivity index (χ3v) is 2.30. The maximum atomic E-state index is 12.2. The number of halogens is 3. The van der Waals surface area contributed by atoms with Crippen molar-refractivity contribution in [3.8, 4) is 17.2 Å². The fourth-order valence-electron chi connectivity index (χ4n) is 1.39. The molecule has 0 aliphatic carbocycles. The molecule has 1 aromatic heterocycles. The average molecular weight is 275 g/mol. The van der Waals surface area contributed by atoms with Gasteiger partial charge in [0.2, 0.25) is 5.89 Å². The summed E-state index contributed by atoms with van der Waals surface area (Å²) in [5.41, 5.74) is 0.325. The Bertz CT molecular complexity index is 519. The van der Waals surface area contributed by atoms with Crippen LogP contribution in [0.4, 0.5) is 8.78 Å². The lowest BCUT2D eigenvalue weighted by Crippen LogP contribution is -2.03. The highest BCUT2D eigenvalue weighted by atomic mass is 35.5. The van der Waals surface area contributed by atoms with E-state index in [0.29, 0.717) is 23.8 Å². The Hall–Kier alpha value is -1.69. The van der Waals surface area contributed by atoms with Gasteiger partial charge in [-0.1, -0.05) is 12.1 Å². The summed E-state index contributed by atoms with van der Waals surface area (Å²) in [5.74, 6) is 0.823. The van der Waals surface area contributed by atoms with Crippen LogP contribution < -0.4 is 4.74 Å². The molecule has 7 heteroatoms. The largest absolute Gasteiger partial charge is 0.434 e. The van der Waals surface area contributed by atoms with E-state index >= 15 is 0 Å². The molecule has 2 rings (SSSR count). The van der Waals surface area contributed by atoms with Gasteiger partial charge >= 0.3 is 6.61 Å². The molecule has 0 amide bonds. The van der Waals surface area contributed by atoms with Gasteiger partial charge < -0.3 is 9.15 Å².